The molecule has 0 aromatic heterocycles. The van der Waals surface area contributed by atoms with Crippen LogP contribution in [0.15, 0.2) is 36.9 Å². The molecule has 1 unspecified atom stereocenters. The minimum absolute atomic E-state index is 0.252. The summed E-state index contributed by atoms with van der Waals surface area (Å²) in [4.78, 5) is 25.1. The van der Waals surface area contributed by atoms with Crippen LogP contribution in [0.1, 0.15) is 10.4 Å². The van der Waals surface area contributed by atoms with Crippen LogP contribution in [0, 0.1) is 0 Å². The van der Waals surface area contributed by atoms with E-state index in [1.54, 1.807) is 42.1 Å². The number of rotatable bonds is 5. The van der Waals surface area contributed by atoms with Gasteiger partial charge in [0.15, 0.2) is 0 Å². The molecule has 1 saturated heterocycles. The van der Waals surface area contributed by atoms with Crippen molar-refractivity contribution in [2.75, 3.05) is 24.7 Å². The van der Waals surface area contributed by atoms with E-state index in [1.807, 2.05) is 0 Å². The number of carbonyl (C=O) groups excluding carboxylic acids is 1. The molecule has 2 rings (SSSR count). The Morgan fingerprint density at radius 2 is 2.14 bits per heavy atom. The van der Waals surface area contributed by atoms with Crippen LogP contribution in [-0.4, -0.2) is 52.6 Å². The van der Waals surface area contributed by atoms with Crippen molar-refractivity contribution in [2.45, 2.75) is 6.04 Å². The third-order valence-electron chi connectivity index (χ3n) is 3.14. The number of benzene rings is 1. The predicted molar refractivity (Wildman–Crippen MR) is 81.9 cm³/mol. The first kappa shape index (κ1) is 15.4. The van der Waals surface area contributed by atoms with Crippen molar-refractivity contribution in [2.24, 2.45) is 0 Å². The number of aliphatic carboxylic acids is 1. The van der Waals surface area contributed by atoms with Crippen molar-refractivity contribution < 1.29 is 19.4 Å². The molecule has 0 aliphatic carbocycles. The van der Waals surface area contributed by atoms with E-state index in [1.165, 1.54) is 4.90 Å². The van der Waals surface area contributed by atoms with Crippen LogP contribution in [0.2, 0.25) is 0 Å². The average molecular weight is 307 g/mol. The Morgan fingerprint density at radius 3 is 2.76 bits per heavy atom. The Morgan fingerprint density at radius 1 is 1.43 bits per heavy atom. The van der Waals surface area contributed by atoms with Crippen LogP contribution >= 0.6 is 11.8 Å². The van der Waals surface area contributed by atoms with Gasteiger partial charge in [-0.1, -0.05) is 12.7 Å². The van der Waals surface area contributed by atoms with E-state index in [0.717, 1.165) is 5.75 Å². The summed E-state index contributed by atoms with van der Waals surface area (Å²) in [5, 5.41) is 9.21. The number of carboxylic acid groups (broad SMARTS) is 1. The fourth-order valence-electron chi connectivity index (χ4n) is 2.07. The van der Waals surface area contributed by atoms with Crippen molar-refractivity contribution >= 4 is 23.6 Å². The molecule has 21 heavy (non-hydrogen) atoms. The molecule has 1 heterocycles. The Labute approximate surface area is 127 Å². The van der Waals surface area contributed by atoms with Gasteiger partial charge in [0.1, 0.15) is 18.4 Å². The van der Waals surface area contributed by atoms with Crippen LogP contribution in [0.3, 0.4) is 0 Å². The van der Waals surface area contributed by atoms with Gasteiger partial charge in [0.2, 0.25) is 0 Å². The minimum Gasteiger partial charge on any atom is -0.490 e. The lowest BCUT2D eigenvalue weighted by Gasteiger charge is -2.32. The van der Waals surface area contributed by atoms with Gasteiger partial charge in [-0.05, 0) is 24.3 Å². The van der Waals surface area contributed by atoms with Gasteiger partial charge >= 0.3 is 5.97 Å². The highest BCUT2D eigenvalue weighted by molar-refractivity contribution is 7.99. The second-order valence-corrected chi connectivity index (χ2v) is 5.70. The summed E-state index contributed by atoms with van der Waals surface area (Å²) in [5.74, 6) is 0.632. The summed E-state index contributed by atoms with van der Waals surface area (Å²) in [6.45, 7) is 4.42. The predicted octanol–water partition coefficient (Wildman–Crippen LogP) is 1.89. The molecule has 1 amide bonds. The molecular formula is C15H17NO4S. The quantitative estimate of drug-likeness (QED) is 0.842. The van der Waals surface area contributed by atoms with E-state index in [4.69, 9.17) is 4.74 Å². The van der Waals surface area contributed by atoms with Crippen LogP contribution in [0.5, 0.6) is 5.75 Å². The fraction of sp³-hybridized carbons (Fsp3) is 0.333. The van der Waals surface area contributed by atoms with Crippen molar-refractivity contribution in [3.63, 3.8) is 0 Å². The van der Waals surface area contributed by atoms with Crippen LogP contribution < -0.4 is 4.74 Å². The molecule has 5 nitrogen and oxygen atoms in total. The zero-order valence-corrected chi connectivity index (χ0v) is 12.3. The third kappa shape index (κ3) is 3.78. The number of hydrogen-bond acceptors (Lipinski definition) is 4. The summed E-state index contributed by atoms with van der Waals surface area (Å²) >= 11 is 1.56. The van der Waals surface area contributed by atoms with Gasteiger partial charge in [-0.15, -0.1) is 0 Å². The van der Waals surface area contributed by atoms with Gasteiger partial charge in [-0.2, -0.15) is 11.8 Å². The molecule has 0 saturated carbocycles. The van der Waals surface area contributed by atoms with Crippen LogP contribution in [-0.2, 0) is 4.79 Å². The molecule has 1 aliphatic rings. The lowest BCUT2D eigenvalue weighted by Crippen LogP contribution is -2.50. The molecule has 0 radical (unpaired) electrons. The maximum atomic E-state index is 12.4. The van der Waals surface area contributed by atoms with E-state index >= 15 is 0 Å². The fourth-order valence-corrected chi connectivity index (χ4v) is 3.10. The molecule has 1 aromatic carbocycles. The molecule has 1 atom stereocenters. The number of nitrogens with zero attached hydrogens (tertiary/aromatic N) is 1. The lowest BCUT2D eigenvalue weighted by atomic mass is 10.1. The number of ether oxygens (including phenoxy) is 1. The first-order valence-electron chi connectivity index (χ1n) is 6.58. The summed E-state index contributed by atoms with van der Waals surface area (Å²) in [5.41, 5.74) is 0.471. The molecule has 0 bridgehead atoms. The van der Waals surface area contributed by atoms with Crippen LogP contribution in [0.4, 0.5) is 0 Å². The number of amides is 1. The van der Waals surface area contributed by atoms with Gasteiger partial charge in [0, 0.05) is 23.6 Å². The SMILES string of the molecule is C=CCOc1ccc(C(=O)N2CCSCC2C(=O)O)cc1. The normalized spacial score (nSPS) is 18.1. The standard InChI is InChI=1S/C15H17NO4S/c1-2-8-20-12-5-3-11(4-6-12)14(17)16-7-9-21-10-13(16)15(18)19/h2-6,13H,1,7-10H2,(H,18,19). The van der Waals surface area contributed by atoms with E-state index in [-0.39, 0.29) is 5.91 Å². The maximum absolute atomic E-state index is 12.4. The maximum Gasteiger partial charge on any atom is 0.327 e. The smallest absolute Gasteiger partial charge is 0.327 e. The highest BCUT2D eigenvalue weighted by Gasteiger charge is 2.32. The van der Waals surface area contributed by atoms with Crippen molar-refractivity contribution in [1.82, 2.24) is 4.90 Å². The van der Waals surface area contributed by atoms with Crippen molar-refractivity contribution in [1.29, 1.82) is 0 Å². The van der Waals surface area contributed by atoms with Crippen LogP contribution in [0.25, 0.3) is 0 Å². The Balaban J connectivity index is 2.10. The van der Waals surface area contributed by atoms with E-state index in [2.05, 4.69) is 6.58 Å². The number of thioether (sulfide) groups is 1. The first-order chi connectivity index (χ1) is 10.1. The number of hydrogen-bond donors (Lipinski definition) is 1. The molecule has 1 fully saturated rings. The first-order valence-corrected chi connectivity index (χ1v) is 7.74. The highest BCUT2D eigenvalue weighted by Crippen LogP contribution is 2.20. The van der Waals surface area contributed by atoms with E-state index in [0.29, 0.717) is 30.2 Å². The van der Waals surface area contributed by atoms with Crippen molar-refractivity contribution in [3.05, 3.63) is 42.5 Å². The third-order valence-corrected chi connectivity index (χ3v) is 4.17. The molecule has 0 spiro atoms. The van der Waals surface area contributed by atoms with Gasteiger partial charge in [0.25, 0.3) is 5.91 Å². The summed E-state index contributed by atoms with van der Waals surface area (Å²) in [6, 6.07) is 5.95. The monoisotopic (exact) mass is 307 g/mol. The molecule has 6 heteroatoms. The number of carbonyl (C=O) groups is 2. The summed E-state index contributed by atoms with van der Waals surface area (Å²) < 4.78 is 5.35. The minimum atomic E-state index is -0.957. The van der Waals surface area contributed by atoms with Gasteiger partial charge in [-0.3, -0.25) is 4.79 Å². The Kier molecular flexibility index (Phi) is 5.27. The average Bonchev–Trinajstić information content (AvgIpc) is 2.52. The number of carboxylic acids is 1. The molecule has 112 valence electrons. The zero-order chi connectivity index (χ0) is 15.2. The molecular weight excluding hydrogens is 290 g/mol. The van der Waals surface area contributed by atoms with Gasteiger partial charge in [0.05, 0.1) is 0 Å². The highest BCUT2D eigenvalue weighted by atomic mass is 32.2. The van der Waals surface area contributed by atoms with E-state index in [9.17, 15) is 14.7 Å². The van der Waals surface area contributed by atoms with Crippen molar-refractivity contribution in [3.8, 4) is 5.75 Å². The summed E-state index contributed by atoms with van der Waals surface area (Å²) in [7, 11) is 0. The van der Waals surface area contributed by atoms with Gasteiger partial charge in [-0.25, -0.2) is 4.79 Å². The second kappa shape index (κ2) is 7.17. The Bertz CT molecular complexity index is 529. The van der Waals surface area contributed by atoms with Gasteiger partial charge < -0.3 is 14.7 Å². The van der Waals surface area contributed by atoms with E-state index < -0.39 is 12.0 Å². The molecule has 1 aliphatic heterocycles. The molecule has 1 N–H and O–H groups in total. The Hall–Kier alpha value is -1.95. The molecule has 1 aromatic rings. The topological polar surface area (TPSA) is 66.8 Å². The zero-order valence-electron chi connectivity index (χ0n) is 11.5. The lowest BCUT2D eigenvalue weighted by molar-refractivity contribution is -0.141. The second-order valence-electron chi connectivity index (χ2n) is 4.55. The largest absolute Gasteiger partial charge is 0.490 e. The summed E-state index contributed by atoms with van der Waals surface area (Å²) in [6.07, 6.45) is 1.64.